The summed E-state index contributed by atoms with van der Waals surface area (Å²) in [5.74, 6) is 0.598. The van der Waals surface area contributed by atoms with Crippen LogP contribution in [0.4, 0.5) is 4.79 Å². The summed E-state index contributed by atoms with van der Waals surface area (Å²) in [6.07, 6.45) is -0.243. The molecule has 0 bridgehead atoms. The Balaban J connectivity index is 4.40. The van der Waals surface area contributed by atoms with E-state index < -0.39 is 34.9 Å². The van der Waals surface area contributed by atoms with Gasteiger partial charge in [0.2, 0.25) is 0 Å². The van der Waals surface area contributed by atoms with Gasteiger partial charge in [0.1, 0.15) is 22.8 Å². The third-order valence-corrected chi connectivity index (χ3v) is 4.06. The highest BCUT2D eigenvalue weighted by molar-refractivity contribution is 7.99. The van der Waals surface area contributed by atoms with Gasteiger partial charge < -0.3 is 24.8 Å². The van der Waals surface area contributed by atoms with Crippen LogP contribution in [-0.2, 0) is 23.8 Å². The number of ether oxygens (including phenoxy) is 3. The highest BCUT2D eigenvalue weighted by Crippen LogP contribution is 2.13. The van der Waals surface area contributed by atoms with E-state index in [4.69, 9.17) is 14.2 Å². The van der Waals surface area contributed by atoms with E-state index in [-0.39, 0.29) is 12.5 Å². The van der Waals surface area contributed by atoms with Gasteiger partial charge in [-0.2, -0.15) is 11.8 Å². The minimum Gasteiger partial charge on any atom is -0.459 e. The van der Waals surface area contributed by atoms with Crippen LogP contribution in [0.25, 0.3) is 0 Å². The van der Waals surface area contributed by atoms with Gasteiger partial charge in [0.25, 0.3) is 0 Å². The minimum absolute atomic E-state index is 0.151. The van der Waals surface area contributed by atoms with Gasteiger partial charge in [0, 0.05) is 12.3 Å². The maximum absolute atomic E-state index is 12.4. The van der Waals surface area contributed by atoms with Crippen molar-refractivity contribution in [1.82, 2.24) is 10.6 Å². The van der Waals surface area contributed by atoms with Crippen molar-refractivity contribution in [3.05, 3.63) is 0 Å². The zero-order valence-electron chi connectivity index (χ0n) is 20.0. The van der Waals surface area contributed by atoms with Gasteiger partial charge in [-0.15, -0.1) is 0 Å². The second-order valence-corrected chi connectivity index (χ2v) is 11.1. The van der Waals surface area contributed by atoms with Crippen LogP contribution in [-0.4, -0.2) is 65.5 Å². The number of esters is 2. The number of amides is 1. The van der Waals surface area contributed by atoms with Crippen LogP contribution in [0.3, 0.4) is 0 Å². The number of alkyl carbamates (subject to hydrolysis) is 1. The van der Waals surface area contributed by atoms with E-state index in [0.29, 0.717) is 18.7 Å². The zero-order valence-corrected chi connectivity index (χ0v) is 20.8. The van der Waals surface area contributed by atoms with Gasteiger partial charge in [-0.3, -0.25) is 4.79 Å². The Morgan fingerprint density at radius 1 is 0.800 bits per heavy atom. The first-order chi connectivity index (χ1) is 13.5. The van der Waals surface area contributed by atoms with Gasteiger partial charge in [-0.1, -0.05) is 0 Å². The summed E-state index contributed by atoms with van der Waals surface area (Å²) in [7, 11) is 0. The smallest absolute Gasteiger partial charge is 0.408 e. The zero-order chi connectivity index (χ0) is 23.6. The molecule has 0 aliphatic heterocycles. The van der Waals surface area contributed by atoms with Crippen molar-refractivity contribution in [1.29, 1.82) is 0 Å². The van der Waals surface area contributed by atoms with Gasteiger partial charge >= 0.3 is 18.0 Å². The second kappa shape index (κ2) is 12.4. The Bertz CT molecular complexity index is 561. The molecule has 0 radical (unpaired) electrons. The van der Waals surface area contributed by atoms with Crippen LogP contribution < -0.4 is 10.6 Å². The van der Waals surface area contributed by atoms with Crippen molar-refractivity contribution in [2.45, 2.75) is 91.6 Å². The van der Waals surface area contributed by atoms with E-state index in [2.05, 4.69) is 10.6 Å². The SMILES string of the molecule is CC(C)(C)OC(=O)CNCCSCCC(NC(=O)OC(C)(C)C)C(=O)OC(C)(C)C. The Morgan fingerprint density at radius 2 is 1.33 bits per heavy atom. The third kappa shape index (κ3) is 17.4. The first-order valence-electron chi connectivity index (χ1n) is 10.2. The number of carbonyl (C=O) groups is 3. The van der Waals surface area contributed by atoms with Crippen molar-refractivity contribution in [2.75, 3.05) is 24.6 Å². The van der Waals surface area contributed by atoms with Crippen LogP contribution in [0.1, 0.15) is 68.7 Å². The van der Waals surface area contributed by atoms with Crippen molar-refractivity contribution in [3.63, 3.8) is 0 Å². The van der Waals surface area contributed by atoms with Gasteiger partial charge in [0.05, 0.1) is 6.54 Å². The van der Waals surface area contributed by atoms with E-state index in [1.54, 1.807) is 53.3 Å². The largest absolute Gasteiger partial charge is 0.459 e. The quantitative estimate of drug-likeness (QED) is 0.298. The van der Waals surface area contributed by atoms with Gasteiger partial charge in [0.15, 0.2) is 0 Å². The summed E-state index contributed by atoms with van der Waals surface area (Å²) in [4.78, 5) is 36.2. The molecule has 176 valence electrons. The summed E-state index contributed by atoms with van der Waals surface area (Å²) in [6, 6.07) is -0.790. The predicted octanol–water partition coefficient (Wildman–Crippen LogP) is 3.28. The topological polar surface area (TPSA) is 103 Å². The van der Waals surface area contributed by atoms with Crippen molar-refractivity contribution < 1.29 is 28.6 Å². The highest BCUT2D eigenvalue weighted by atomic mass is 32.2. The van der Waals surface area contributed by atoms with Crippen molar-refractivity contribution in [2.24, 2.45) is 0 Å². The van der Waals surface area contributed by atoms with Gasteiger partial charge in [-0.05, 0) is 74.5 Å². The molecule has 0 fully saturated rings. The molecule has 9 heteroatoms. The fourth-order valence-corrected chi connectivity index (χ4v) is 2.98. The number of hydrogen-bond acceptors (Lipinski definition) is 8. The van der Waals surface area contributed by atoms with E-state index in [9.17, 15) is 14.4 Å². The lowest BCUT2D eigenvalue weighted by Crippen LogP contribution is -2.46. The first kappa shape index (κ1) is 28.5. The molecule has 1 atom stereocenters. The molecule has 0 aromatic carbocycles. The fraction of sp³-hybridized carbons (Fsp3) is 0.857. The van der Waals surface area contributed by atoms with Crippen molar-refractivity contribution in [3.8, 4) is 0 Å². The summed E-state index contributed by atoms with van der Waals surface area (Å²) in [5, 5.41) is 5.64. The average Bonchev–Trinajstić information content (AvgIpc) is 2.47. The monoisotopic (exact) mass is 448 g/mol. The molecule has 0 rings (SSSR count). The Labute approximate surface area is 185 Å². The molecule has 0 heterocycles. The highest BCUT2D eigenvalue weighted by Gasteiger charge is 2.28. The average molecular weight is 449 g/mol. The first-order valence-corrected chi connectivity index (χ1v) is 11.4. The normalized spacial score (nSPS) is 13.4. The van der Waals surface area contributed by atoms with Crippen LogP contribution in [0.5, 0.6) is 0 Å². The van der Waals surface area contributed by atoms with Crippen LogP contribution >= 0.6 is 11.8 Å². The number of carbonyl (C=O) groups excluding carboxylic acids is 3. The van der Waals surface area contributed by atoms with E-state index in [0.717, 1.165) is 5.75 Å². The molecule has 0 aliphatic rings. The molecule has 2 N–H and O–H groups in total. The fourth-order valence-electron chi connectivity index (χ4n) is 2.09. The second-order valence-electron chi connectivity index (χ2n) is 9.90. The molecule has 0 spiro atoms. The summed E-state index contributed by atoms with van der Waals surface area (Å²) >= 11 is 1.61. The molecule has 0 aromatic heterocycles. The summed E-state index contributed by atoms with van der Waals surface area (Å²) in [5.41, 5.74) is -1.80. The number of thioether (sulfide) groups is 1. The minimum atomic E-state index is -0.790. The summed E-state index contributed by atoms with van der Waals surface area (Å²) in [6.45, 7) is 16.9. The molecular formula is C21H40N2O6S. The molecule has 0 saturated carbocycles. The number of rotatable bonds is 10. The molecule has 0 saturated heterocycles. The van der Waals surface area contributed by atoms with Crippen molar-refractivity contribution >= 4 is 29.8 Å². The van der Waals surface area contributed by atoms with Crippen LogP contribution in [0.2, 0.25) is 0 Å². The lowest BCUT2D eigenvalue weighted by molar-refractivity contribution is -0.157. The molecular weight excluding hydrogens is 408 g/mol. The molecule has 8 nitrogen and oxygen atoms in total. The van der Waals surface area contributed by atoms with Crippen LogP contribution in [0, 0.1) is 0 Å². The molecule has 1 unspecified atom stereocenters. The van der Waals surface area contributed by atoms with Crippen LogP contribution in [0.15, 0.2) is 0 Å². The molecule has 1 amide bonds. The van der Waals surface area contributed by atoms with E-state index >= 15 is 0 Å². The standard InChI is InChI=1S/C21H40N2O6S/c1-19(2,3)27-16(24)14-22-11-13-30-12-10-15(17(25)28-20(4,5)6)23-18(26)29-21(7,8)9/h15,22H,10-14H2,1-9H3,(H,23,26). The Morgan fingerprint density at radius 3 is 1.83 bits per heavy atom. The van der Waals surface area contributed by atoms with Gasteiger partial charge in [-0.25, -0.2) is 9.59 Å². The van der Waals surface area contributed by atoms with E-state index in [1.165, 1.54) is 0 Å². The molecule has 0 aliphatic carbocycles. The molecule has 30 heavy (non-hydrogen) atoms. The number of hydrogen-bond donors (Lipinski definition) is 2. The predicted molar refractivity (Wildman–Crippen MR) is 120 cm³/mol. The maximum Gasteiger partial charge on any atom is 0.408 e. The lowest BCUT2D eigenvalue weighted by atomic mass is 10.1. The maximum atomic E-state index is 12.4. The lowest BCUT2D eigenvalue weighted by Gasteiger charge is -2.26. The third-order valence-electron chi connectivity index (χ3n) is 3.05. The Kier molecular flexibility index (Phi) is 11.8. The summed E-state index contributed by atoms with van der Waals surface area (Å²) < 4.78 is 15.9. The number of nitrogens with one attached hydrogen (secondary N) is 2. The van der Waals surface area contributed by atoms with E-state index in [1.807, 2.05) is 20.8 Å². The molecule has 0 aromatic rings. The Hall–Kier alpha value is -1.48.